The number of nitrogens with one attached hydrogen (secondary N) is 1. The van der Waals surface area contributed by atoms with Gasteiger partial charge in [0.1, 0.15) is 17.3 Å². The van der Waals surface area contributed by atoms with Crippen LogP contribution in [0.15, 0.2) is 60.7 Å². The van der Waals surface area contributed by atoms with Gasteiger partial charge in [-0.25, -0.2) is 4.39 Å². The van der Waals surface area contributed by atoms with Crippen LogP contribution in [-0.4, -0.2) is 18.0 Å². The van der Waals surface area contributed by atoms with Crippen LogP contribution in [-0.2, 0) is 11.3 Å². The number of nitrogens with zero attached hydrogens (tertiary/aromatic N) is 1. The van der Waals surface area contributed by atoms with Crippen LogP contribution in [0.25, 0.3) is 0 Å². The van der Waals surface area contributed by atoms with Crippen molar-refractivity contribution >= 4 is 11.6 Å². The van der Waals surface area contributed by atoms with Gasteiger partial charge in [-0.15, -0.1) is 0 Å². The monoisotopic (exact) mass is 366 g/mol. The summed E-state index contributed by atoms with van der Waals surface area (Å²) in [5.74, 6) is 0.222. The number of benzene rings is 2. The van der Waals surface area contributed by atoms with Crippen molar-refractivity contribution in [3.8, 4) is 11.5 Å². The molecule has 0 aliphatic rings. The third-order valence-electron chi connectivity index (χ3n) is 3.80. The van der Waals surface area contributed by atoms with Crippen LogP contribution >= 0.6 is 0 Å². The van der Waals surface area contributed by atoms with E-state index in [1.807, 2.05) is 0 Å². The second-order valence-corrected chi connectivity index (χ2v) is 5.91. The van der Waals surface area contributed by atoms with Crippen molar-refractivity contribution in [2.45, 2.75) is 13.5 Å². The summed E-state index contributed by atoms with van der Waals surface area (Å²) in [4.78, 5) is 16.9. The fourth-order valence-electron chi connectivity index (χ4n) is 2.58. The summed E-state index contributed by atoms with van der Waals surface area (Å²) in [6.07, 6.45) is 0. The van der Waals surface area contributed by atoms with Crippen molar-refractivity contribution in [3.63, 3.8) is 0 Å². The van der Waals surface area contributed by atoms with Gasteiger partial charge in [0.05, 0.1) is 23.6 Å². The van der Waals surface area contributed by atoms with Gasteiger partial charge in [-0.2, -0.15) is 0 Å². The Balaban J connectivity index is 1.73. The maximum absolute atomic E-state index is 13.3. The van der Waals surface area contributed by atoms with E-state index in [1.165, 1.54) is 12.1 Å². The molecule has 0 radical (unpaired) electrons. The first-order chi connectivity index (χ1) is 13.0. The molecule has 0 saturated heterocycles. The molecule has 0 fully saturated rings. The minimum Gasteiger partial charge on any atom is -0.457 e. The molecular formula is C21H19FN2O3. The zero-order valence-electron chi connectivity index (χ0n) is 15.0. The number of rotatable bonds is 6. The molecule has 0 aliphatic carbocycles. The van der Waals surface area contributed by atoms with Crippen molar-refractivity contribution < 1.29 is 18.7 Å². The summed E-state index contributed by atoms with van der Waals surface area (Å²) in [5.41, 5.74) is 2.42. The third kappa shape index (κ3) is 4.89. The lowest BCUT2D eigenvalue weighted by Crippen LogP contribution is -2.14. The Bertz CT molecular complexity index is 960. The van der Waals surface area contributed by atoms with Crippen molar-refractivity contribution in [2.24, 2.45) is 0 Å². The molecule has 0 atom stereocenters. The average Bonchev–Trinajstić information content (AvgIpc) is 2.62. The van der Waals surface area contributed by atoms with Crippen LogP contribution in [0.5, 0.6) is 11.5 Å². The molecule has 0 aliphatic heterocycles. The number of amides is 1. The molecule has 1 N–H and O–H groups in total. The first kappa shape index (κ1) is 18.5. The Labute approximate surface area is 156 Å². The van der Waals surface area contributed by atoms with E-state index in [0.717, 1.165) is 5.69 Å². The van der Waals surface area contributed by atoms with Gasteiger partial charge < -0.3 is 14.8 Å². The predicted octanol–water partition coefficient (Wildman–Crippen LogP) is 4.72. The van der Waals surface area contributed by atoms with Gasteiger partial charge in [0, 0.05) is 24.9 Å². The summed E-state index contributed by atoms with van der Waals surface area (Å²) in [5, 5.41) is 2.82. The van der Waals surface area contributed by atoms with Gasteiger partial charge >= 0.3 is 0 Å². The first-order valence-electron chi connectivity index (χ1n) is 8.35. The molecule has 1 amide bonds. The summed E-state index contributed by atoms with van der Waals surface area (Å²) in [7, 11) is 1.59. The van der Waals surface area contributed by atoms with E-state index < -0.39 is 0 Å². The molecular weight excluding hydrogens is 347 g/mol. The number of pyridine rings is 1. The van der Waals surface area contributed by atoms with E-state index in [0.29, 0.717) is 35.1 Å². The molecule has 27 heavy (non-hydrogen) atoms. The molecule has 1 aromatic heterocycles. The lowest BCUT2D eigenvalue weighted by molar-refractivity contribution is 0.102. The predicted molar refractivity (Wildman–Crippen MR) is 101 cm³/mol. The van der Waals surface area contributed by atoms with E-state index in [1.54, 1.807) is 62.6 Å². The number of anilines is 1. The van der Waals surface area contributed by atoms with E-state index in [4.69, 9.17) is 9.47 Å². The Morgan fingerprint density at radius 1 is 1.07 bits per heavy atom. The maximum atomic E-state index is 13.3. The van der Waals surface area contributed by atoms with Crippen LogP contribution in [0.2, 0.25) is 0 Å². The number of aromatic nitrogens is 1. The number of hydrogen-bond acceptors (Lipinski definition) is 4. The fraction of sp³-hybridized carbons (Fsp3) is 0.143. The van der Waals surface area contributed by atoms with Crippen molar-refractivity contribution in [1.29, 1.82) is 0 Å². The molecule has 0 saturated carbocycles. The van der Waals surface area contributed by atoms with E-state index in [2.05, 4.69) is 10.3 Å². The smallest absolute Gasteiger partial charge is 0.257 e. The zero-order valence-corrected chi connectivity index (χ0v) is 15.0. The number of methoxy groups -OCH3 is 1. The Morgan fingerprint density at radius 3 is 2.52 bits per heavy atom. The topological polar surface area (TPSA) is 60.5 Å². The number of ether oxygens (including phenoxy) is 2. The van der Waals surface area contributed by atoms with Crippen LogP contribution in [0, 0.1) is 12.7 Å². The molecule has 0 spiro atoms. The van der Waals surface area contributed by atoms with Gasteiger partial charge in [0.25, 0.3) is 5.91 Å². The highest BCUT2D eigenvalue weighted by Crippen LogP contribution is 2.25. The summed E-state index contributed by atoms with van der Waals surface area (Å²) < 4.78 is 24.0. The van der Waals surface area contributed by atoms with E-state index in [-0.39, 0.29) is 11.7 Å². The standard InChI is InChI=1S/C21H19FN2O3/c1-14-20(10-9-17(23-14)13-26-2)21(25)24-16-6-4-8-19(12-16)27-18-7-3-5-15(22)11-18/h3-12H,13H2,1-2H3,(H,24,25). The normalized spacial score (nSPS) is 10.5. The lowest BCUT2D eigenvalue weighted by atomic mass is 10.1. The molecule has 0 unspecified atom stereocenters. The molecule has 1 heterocycles. The fourth-order valence-corrected chi connectivity index (χ4v) is 2.58. The highest BCUT2D eigenvalue weighted by Gasteiger charge is 2.12. The van der Waals surface area contributed by atoms with Gasteiger partial charge in [-0.3, -0.25) is 9.78 Å². The van der Waals surface area contributed by atoms with Crippen LogP contribution in [0.1, 0.15) is 21.7 Å². The molecule has 5 nitrogen and oxygen atoms in total. The van der Waals surface area contributed by atoms with E-state index in [9.17, 15) is 9.18 Å². The van der Waals surface area contributed by atoms with Crippen LogP contribution in [0.4, 0.5) is 10.1 Å². The van der Waals surface area contributed by atoms with Gasteiger partial charge in [0.2, 0.25) is 0 Å². The summed E-state index contributed by atoms with van der Waals surface area (Å²) in [6, 6.07) is 16.2. The highest BCUT2D eigenvalue weighted by atomic mass is 19.1. The number of hydrogen-bond donors (Lipinski definition) is 1. The SMILES string of the molecule is COCc1ccc(C(=O)Nc2cccc(Oc3cccc(F)c3)c2)c(C)n1. The largest absolute Gasteiger partial charge is 0.457 e. The second-order valence-electron chi connectivity index (χ2n) is 5.91. The number of carbonyl (C=O) groups excluding carboxylic acids is 1. The molecule has 0 bridgehead atoms. The Morgan fingerprint density at radius 2 is 1.81 bits per heavy atom. The lowest BCUT2D eigenvalue weighted by Gasteiger charge is -2.11. The average molecular weight is 366 g/mol. The van der Waals surface area contributed by atoms with Crippen molar-refractivity contribution in [3.05, 3.63) is 83.4 Å². The minimum absolute atomic E-state index is 0.271. The number of carbonyl (C=O) groups is 1. The molecule has 3 aromatic rings. The number of aryl methyl sites for hydroxylation is 1. The third-order valence-corrected chi connectivity index (χ3v) is 3.80. The number of halogens is 1. The molecule has 6 heteroatoms. The van der Waals surface area contributed by atoms with E-state index >= 15 is 0 Å². The van der Waals surface area contributed by atoms with Crippen LogP contribution in [0.3, 0.4) is 0 Å². The quantitative estimate of drug-likeness (QED) is 0.686. The minimum atomic E-state index is -0.378. The first-order valence-corrected chi connectivity index (χ1v) is 8.35. The van der Waals surface area contributed by atoms with Gasteiger partial charge in [0.15, 0.2) is 0 Å². The second kappa shape index (κ2) is 8.42. The Hall–Kier alpha value is -3.25. The highest BCUT2D eigenvalue weighted by molar-refractivity contribution is 6.05. The van der Waals surface area contributed by atoms with Crippen molar-refractivity contribution in [2.75, 3.05) is 12.4 Å². The summed E-state index contributed by atoms with van der Waals surface area (Å²) in [6.45, 7) is 2.17. The molecule has 3 rings (SSSR count). The van der Waals surface area contributed by atoms with Crippen LogP contribution < -0.4 is 10.1 Å². The van der Waals surface area contributed by atoms with Gasteiger partial charge in [-0.1, -0.05) is 12.1 Å². The maximum Gasteiger partial charge on any atom is 0.257 e. The van der Waals surface area contributed by atoms with Gasteiger partial charge in [-0.05, 0) is 43.3 Å². The molecule has 2 aromatic carbocycles. The zero-order chi connectivity index (χ0) is 19.2. The Kier molecular flexibility index (Phi) is 5.78. The summed E-state index contributed by atoms with van der Waals surface area (Å²) >= 11 is 0. The molecule has 138 valence electrons. The van der Waals surface area contributed by atoms with Crippen molar-refractivity contribution in [1.82, 2.24) is 4.98 Å².